The summed E-state index contributed by atoms with van der Waals surface area (Å²) in [7, 11) is 0. The molecule has 2 amide bonds. The lowest BCUT2D eigenvalue weighted by atomic mass is 10.1. The molecule has 1 aromatic heterocycles. The number of hydrogen-bond acceptors (Lipinski definition) is 3. The molecule has 0 spiro atoms. The summed E-state index contributed by atoms with van der Waals surface area (Å²) < 4.78 is 0. The maximum Gasteiger partial charge on any atom is 0.335 e. The number of aromatic nitrogens is 1. The van der Waals surface area contributed by atoms with Crippen molar-refractivity contribution in [3.63, 3.8) is 0 Å². The SMILES string of the molecule is C#CC(C)(C)NC(=O)NCc1cc(C(=O)O)ccn1. The van der Waals surface area contributed by atoms with Gasteiger partial charge in [-0.3, -0.25) is 4.98 Å². The van der Waals surface area contributed by atoms with Crippen molar-refractivity contribution in [1.29, 1.82) is 0 Å². The van der Waals surface area contributed by atoms with Crippen molar-refractivity contribution in [3.05, 3.63) is 29.6 Å². The molecule has 1 rings (SSSR count). The molecule has 0 bridgehead atoms. The highest BCUT2D eigenvalue weighted by Crippen LogP contribution is 2.02. The van der Waals surface area contributed by atoms with E-state index in [9.17, 15) is 9.59 Å². The van der Waals surface area contributed by atoms with Crippen LogP contribution in [0.5, 0.6) is 0 Å². The largest absolute Gasteiger partial charge is 0.478 e. The Morgan fingerprint density at radius 3 is 2.79 bits per heavy atom. The zero-order chi connectivity index (χ0) is 14.5. The van der Waals surface area contributed by atoms with Gasteiger partial charge in [-0.1, -0.05) is 5.92 Å². The molecule has 6 heteroatoms. The van der Waals surface area contributed by atoms with Gasteiger partial charge in [0.1, 0.15) is 0 Å². The minimum absolute atomic E-state index is 0.119. The molecule has 0 fully saturated rings. The van der Waals surface area contributed by atoms with Crippen LogP contribution in [0.2, 0.25) is 0 Å². The number of urea groups is 1. The quantitative estimate of drug-likeness (QED) is 0.705. The molecule has 6 nitrogen and oxygen atoms in total. The fraction of sp³-hybridized carbons (Fsp3) is 0.308. The first-order valence-corrected chi connectivity index (χ1v) is 5.56. The van der Waals surface area contributed by atoms with Crippen molar-refractivity contribution < 1.29 is 14.7 Å². The van der Waals surface area contributed by atoms with E-state index in [1.165, 1.54) is 18.3 Å². The normalized spacial score (nSPS) is 10.4. The topological polar surface area (TPSA) is 91.3 Å². The zero-order valence-corrected chi connectivity index (χ0v) is 10.7. The first-order chi connectivity index (χ1) is 8.84. The second kappa shape index (κ2) is 5.87. The average molecular weight is 261 g/mol. The summed E-state index contributed by atoms with van der Waals surface area (Å²) in [6, 6.07) is 2.34. The maximum absolute atomic E-state index is 11.5. The van der Waals surface area contributed by atoms with Gasteiger partial charge in [-0.15, -0.1) is 6.42 Å². The molecular weight excluding hydrogens is 246 g/mol. The summed E-state index contributed by atoms with van der Waals surface area (Å²) in [5.74, 6) is 1.39. The van der Waals surface area contributed by atoms with Gasteiger partial charge in [-0.2, -0.15) is 0 Å². The van der Waals surface area contributed by atoms with E-state index in [1.54, 1.807) is 13.8 Å². The number of carbonyl (C=O) groups excluding carboxylic acids is 1. The minimum Gasteiger partial charge on any atom is -0.478 e. The molecule has 0 aliphatic rings. The van der Waals surface area contributed by atoms with Gasteiger partial charge in [0.25, 0.3) is 0 Å². The van der Waals surface area contributed by atoms with E-state index in [0.717, 1.165) is 0 Å². The van der Waals surface area contributed by atoms with Crippen LogP contribution in [0.3, 0.4) is 0 Å². The predicted octanol–water partition coefficient (Wildman–Crippen LogP) is 0.991. The molecule has 3 N–H and O–H groups in total. The molecule has 1 heterocycles. The summed E-state index contributed by atoms with van der Waals surface area (Å²) in [6.45, 7) is 3.50. The number of carboxylic acids is 1. The number of nitrogens with one attached hydrogen (secondary N) is 2. The molecule has 0 aliphatic heterocycles. The van der Waals surface area contributed by atoms with E-state index in [2.05, 4.69) is 21.5 Å². The highest BCUT2D eigenvalue weighted by atomic mass is 16.4. The van der Waals surface area contributed by atoms with Gasteiger partial charge in [-0.25, -0.2) is 9.59 Å². The zero-order valence-electron chi connectivity index (χ0n) is 10.7. The first kappa shape index (κ1) is 14.5. The Morgan fingerprint density at radius 1 is 1.53 bits per heavy atom. The Hall–Kier alpha value is -2.55. The standard InChI is InChI=1S/C13H15N3O3/c1-4-13(2,3)16-12(19)15-8-10-7-9(11(17)18)5-6-14-10/h1,5-7H,8H2,2-3H3,(H,17,18)(H2,15,16,19). The highest BCUT2D eigenvalue weighted by Gasteiger charge is 2.16. The smallest absolute Gasteiger partial charge is 0.335 e. The van der Waals surface area contributed by atoms with E-state index >= 15 is 0 Å². The lowest BCUT2D eigenvalue weighted by Gasteiger charge is -2.19. The number of hydrogen-bond donors (Lipinski definition) is 3. The Labute approximate surface area is 111 Å². The van der Waals surface area contributed by atoms with Crippen LogP contribution in [0.4, 0.5) is 4.79 Å². The molecule has 0 unspecified atom stereocenters. The van der Waals surface area contributed by atoms with Gasteiger partial charge in [0.2, 0.25) is 0 Å². The molecule has 0 atom stereocenters. The molecule has 1 aromatic rings. The van der Waals surface area contributed by atoms with Crippen LogP contribution in [0, 0.1) is 12.3 Å². The van der Waals surface area contributed by atoms with E-state index in [1.807, 2.05) is 0 Å². The average Bonchev–Trinajstić information content (AvgIpc) is 2.36. The fourth-order valence-electron chi connectivity index (χ4n) is 1.24. The molecule has 100 valence electrons. The lowest BCUT2D eigenvalue weighted by molar-refractivity contribution is 0.0696. The van der Waals surface area contributed by atoms with E-state index in [0.29, 0.717) is 5.69 Å². The second-order valence-corrected chi connectivity index (χ2v) is 4.42. The van der Waals surface area contributed by atoms with Crippen molar-refractivity contribution in [2.75, 3.05) is 0 Å². The summed E-state index contributed by atoms with van der Waals surface area (Å²) >= 11 is 0. The summed E-state index contributed by atoms with van der Waals surface area (Å²) in [5, 5.41) is 14.0. The van der Waals surface area contributed by atoms with Crippen LogP contribution in [0.1, 0.15) is 29.9 Å². The third-order valence-corrected chi connectivity index (χ3v) is 2.28. The van der Waals surface area contributed by atoms with Gasteiger partial charge in [0.15, 0.2) is 0 Å². The number of terminal acetylenes is 1. The minimum atomic E-state index is -1.04. The number of carbonyl (C=O) groups is 2. The van der Waals surface area contributed by atoms with Gasteiger partial charge in [0.05, 0.1) is 23.3 Å². The van der Waals surface area contributed by atoms with Crippen LogP contribution in [0.15, 0.2) is 18.3 Å². The van der Waals surface area contributed by atoms with Crippen molar-refractivity contribution in [2.24, 2.45) is 0 Å². The number of rotatable bonds is 4. The number of amides is 2. The molecule has 0 aromatic carbocycles. The maximum atomic E-state index is 11.5. The monoisotopic (exact) mass is 261 g/mol. The van der Waals surface area contributed by atoms with Crippen molar-refractivity contribution in [1.82, 2.24) is 15.6 Å². The third kappa shape index (κ3) is 4.68. The Morgan fingerprint density at radius 2 is 2.21 bits per heavy atom. The number of aromatic carboxylic acids is 1. The second-order valence-electron chi connectivity index (χ2n) is 4.42. The van der Waals surface area contributed by atoms with Crippen LogP contribution in [0.25, 0.3) is 0 Å². The third-order valence-electron chi connectivity index (χ3n) is 2.28. The number of nitrogens with zero attached hydrogens (tertiary/aromatic N) is 1. The van der Waals surface area contributed by atoms with Gasteiger partial charge in [-0.05, 0) is 26.0 Å². The van der Waals surface area contributed by atoms with Crippen molar-refractivity contribution in [3.8, 4) is 12.3 Å². The molecule has 0 saturated carbocycles. The number of carboxylic acid groups (broad SMARTS) is 1. The molecule has 0 saturated heterocycles. The lowest BCUT2D eigenvalue weighted by Crippen LogP contribution is -2.47. The Balaban J connectivity index is 2.58. The Kier molecular flexibility index (Phi) is 4.48. The summed E-state index contributed by atoms with van der Waals surface area (Å²) in [6.07, 6.45) is 6.62. The summed E-state index contributed by atoms with van der Waals surface area (Å²) in [4.78, 5) is 26.3. The molecule has 0 aliphatic carbocycles. The Bertz CT molecular complexity index is 532. The van der Waals surface area contributed by atoms with E-state index < -0.39 is 17.5 Å². The first-order valence-electron chi connectivity index (χ1n) is 5.56. The molecular formula is C13H15N3O3. The van der Waals surface area contributed by atoms with Crippen LogP contribution in [-0.2, 0) is 6.54 Å². The predicted molar refractivity (Wildman–Crippen MR) is 69.5 cm³/mol. The summed E-state index contributed by atoms with van der Waals surface area (Å²) in [5.41, 5.74) is -0.176. The number of pyridine rings is 1. The van der Waals surface area contributed by atoms with Gasteiger partial charge in [0, 0.05) is 6.20 Å². The molecule has 19 heavy (non-hydrogen) atoms. The van der Waals surface area contributed by atoms with Crippen molar-refractivity contribution in [2.45, 2.75) is 25.9 Å². The van der Waals surface area contributed by atoms with Crippen molar-refractivity contribution >= 4 is 12.0 Å². The van der Waals surface area contributed by atoms with E-state index in [-0.39, 0.29) is 12.1 Å². The highest BCUT2D eigenvalue weighted by molar-refractivity contribution is 5.87. The van der Waals surface area contributed by atoms with Gasteiger partial charge < -0.3 is 15.7 Å². The fourth-order valence-corrected chi connectivity index (χ4v) is 1.24. The van der Waals surface area contributed by atoms with Crippen LogP contribution in [-0.4, -0.2) is 27.6 Å². The van der Waals surface area contributed by atoms with Gasteiger partial charge >= 0.3 is 12.0 Å². The van der Waals surface area contributed by atoms with Crippen LogP contribution < -0.4 is 10.6 Å². The molecule has 0 radical (unpaired) electrons. The van der Waals surface area contributed by atoms with E-state index in [4.69, 9.17) is 11.5 Å². The van der Waals surface area contributed by atoms with Crippen LogP contribution >= 0.6 is 0 Å².